The van der Waals surface area contributed by atoms with Gasteiger partial charge in [-0.3, -0.25) is 4.79 Å². The molecule has 116 valence electrons. The highest BCUT2D eigenvalue weighted by atomic mass is 16.5. The number of carbonyl (C=O) groups is 1. The first-order valence-electron chi connectivity index (χ1n) is 7.53. The number of hydrogen-bond acceptors (Lipinski definition) is 2. The van der Waals surface area contributed by atoms with Crippen molar-refractivity contribution in [3.05, 3.63) is 64.7 Å². The first kappa shape index (κ1) is 16.1. The fourth-order valence-corrected chi connectivity index (χ4v) is 2.59. The maximum Gasteiger partial charge on any atom is 0.311 e. The molecule has 22 heavy (non-hydrogen) atoms. The van der Waals surface area contributed by atoms with Gasteiger partial charge in [-0.25, -0.2) is 0 Å². The number of carboxylic acid groups (broad SMARTS) is 1. The maximum atomic E-state index is 11.7. The lowest BCUT2D eigenvalue weighted by molar-refractivity contribution is -0.138. The van der Waals surface area contributed by atoms with Gasteiger partial charge in [0, 0.05) is 0 Å². The molecule has 0 aliphatic rings. The zero-order chi connectivity index (χ0) is 16.1. The quantitative estimate of drug-likeness (QED) is 0.873. The molecule has 0 aliphatic heterocycles. The lowest BCUT2D eigenvalue weighted by Crippen LogP contribution is -2.15. The third-order valence-electron chi connectivity index (χ3n) is 3.79. The van der Waals surface area contributed by atoms with Crippen molar-refractivity contribution in [1.29, 1.82) is 0 Å². The van der Waals surface area contributed by atoms with Gasteiger partial charge in [0.25, 0.3) is 0 Å². The molecule has 0 saturated heterocycles. The van der Waals surface area contributed by atoms with E-state index in [2.05, 4.69) is 0 Å². The summed E-state index contributed by atoms with van der Waals surface area (Å²) in [5, 5.41) is 9.61. The molecule has 0 radical (unpaired) electrons. The lowest BCUT2D eigenvalue weighted by Gasteiger charge is -2.16. The van der Waals surface area contributed by atoms with Crippen molar-refractivity contribution in [2.45, 2.75) is 33.1 Å². The summed E-state index contributed by atoms with van der Waals surface area (Å²) in [5.74, 6) is -0.561. The standard InChI is InChI=1S/C19H22O3/c1-4-22-16-9-10-17(14(3)11-16)18(19(20)21)12-15-7-5-13(2)6-8-15/h5-11,18H,4,12H2,1-3H3,(H,20,21). The summed E-state index contributed by atoms with van der Waals surface area (Å²) < 4.78 is 5.47. The molecule has 1 unspecified atom stereocenters. The van der Waals surface area contributed by atoms with Gasteiger partial charge in [0.05, 0.1) is 12.5 Å². The molecular weight excluding hydrogens is 276 g/mol. The van der Waals surface area contributed by atoms with Gasteiger partial charge in [-0.2, -0.15) is 0 Å². The second-order valence-electron chi connectivity index (χ2n) is 5.53. The number of hydrogen-bond donors (Lipinski definition) is 1. The van der Waals surface area contributed by atoms with E-state index in [1.54, 1.807) is 0 Å². The van der Waals surface area contributed by atoms with Gasteiger partial charge in [-0.05, 0) is 56.0 Å². The Labute approximate surface area is 131 Å². The van der Waals surface area contributed by atoms with Gasteiger partial charge < -0.3 is 9.84 Å². The highest BCUT2D eigenvalue weighted by molar-refractivity contribution is 5.77. The van der Waals surface area contributed by atoms with Crippen LogP contribution in [-0.4, -0.2) is 17.7 Å². The number of aryl methyl sites for hydroxylation is 2. The van der Waals surface area contributed by atoms with E-state index in [1.807, 2.05) is 63.2 Å². The van der Waals surface area contributed by atoms with Crippen LogP contribution >= 0.6 is 0 Å². The second-order valence-corrected chi connectivity index (χ2v) is 5.53. The molecule has 2 aromatic rings. The Bertz CT molecular complexity index is 644. The van der Waals surface area contributed by atoms with Crippen LogP contribution in [0, 0.1) is 13.8 Å². The Hall–Kier alpha value is -2.29. The summed E-state index contributed by atoms with van der Waals surface area (Å²) in [6.45, 7) is 6.49. The predicted molar refractivity (Wildman–Crippen MR) is 87.6 cm³/mol. The molecule has 2 aromatic carbocycles. The van der Waals surface area contributed by atoms with E-state index in [0.717, 1.165) is 22.4 Å². The van der Waals surface area contributed by atoms with Gasteiger partial charge in [0.15, 0.2) is 0 Å². The van der Waals surface area contributed by atoms with Crippen LogP contribution in [-0.2, 0) is 11.2 Å². The predicted octanol–water partition coefficient (Wildman–Crippen LogP) is 4.11. The van der Waals surface area contributed by atoms with Crippen LogP contribution < -0.4 is 4.74 Å². The SMILES string of the molecule is CCOc1ccc(C(Cc2ccc(C)cc2)C(=O)O)c(C)c1. The van der Waals surface area contributed by atoms with Crippen LogP contribution in [0.15, 0.2) is 42.5 Å². The molecule has 3 heteroatoms. The van der Waals surface area contributed by atoms with Crippen LogP contribution in [0.1, 0.15) is 35.1 Å². The summed E-state index contributed by atoms with van der Waals surface area (Å²) in [6, 6.07) is 13.6. The molecular formula is C19H22O3. The van der Waals surface area contributed by atoms with Crippen molar-refractivity contribution >= 4 is 5.97 Å². The summed E-state index contributed by atoms with van der Waals surface area (Å²) in [4.78, 5) is 11.7. The van der Waals surface area contributed by atoms with Crippen molar-refractivity contribution in [2.24, 2.45) is 0 Å². The third kappa shape index (κ3) is 3.88. The van der Waals surface area contributed by atoms with Crippen LogP contribution in [0.5, 0.6) is 5.75 Å². The minimum Gasteiger partial charge on any atom is -0.494 e. The van der Waals surface area contributed by atoms with Crippen molar-refractivity contribution < 1.29 is 14.6 Å². The molecule has 0 bridgehead atoms. The Morgan fingerprint density at radius 3 is 2.36 bits per heavy atom. The highest BCUT2D eigenvalue weighted by Crippen LogP contribution is 2.27. The molecule has 1 N–H and O–H groups in total. The van der Waals surface area contributed by atoms with Gasteiger partial charge in [-0.15, -0.1) is 0 Å². The van der Waals surface area contributed by atoms with E-state index in [9.17, 15) is 9.90 Å². The van der Waals surface area contributed by atoms with Crippen LogP contribution in [0.3, 0.4) is 0 Å². The van der Waals surface area contributed by atoms with Crippen LogP contribution in [0.25, 0.3) is 0 Å². The summed E-state index contributed by atoms with van der Waals surface area (Å²) >= 11 is 0. The molecule has 1 atom stereocenters. The maximum absolute atomic E-state index is 11.7. The first-order valence-corrected chi connectivity index (χ1v) is 7.53. The Morgan fingerprint density at radius 2 is 1.82 bits per heavy atom. The van der Waals surface area contributed by atoms with Crippen LogP contribution in [0.2, 0.25) is 0 Å². The summed E-state index contributed by atoms with van der Waals surface area (Å²) in [5.41, 5.74) is 4.00. The minimum absolute atomic E-state index is 0.491. The van der Waals surface area contributed by atoms with E-state index < -0.39 is 11.9 Å². The monoisotopic (exact) mass is 298 g/mol. The zero-order valence-electron chi connectivity index (χ0n) is 13.3. The molecule has 0 aromatic heterocycles. The average Bonchev–Trinajstić information content (AvgIpc) is 2.47. The molecule has 0 fully saturated rings. The number of aliphatic carboxylic acids is 1. The fourth-order valence-electron chi connectivity index (χ4n) is 2.59. The zero-order valence-corrected chi connectivity index (χ0v) is 13.3. The first-order chi connectivity index (χ1) is 10.5. The second kappa shape index (κ2) is 7.12. The largest absolute Gasteiger partial charge is 0.494 e. The van der Waals surface area contributed by atoms with E-state index >= 15 is 0 Å². The van der Waals surface area contributed by atoms with Crippen molar-refractivity contribution in [3.8, 4) is 5.75 Å². The molecule has 0 heterocycles. The summed E-state index contributed by atoms with van der Waals surface area (Å²) in [7, 11) is 0. The van der Waals surface area contributed by atoms with Gasteiger partial charge in [0.1, 0.15) is 5.75 Å². The lowest BCUT2D eigenvalue weighted by atomic mass is 9.89. The van der Waals surface area contributed by atoms with Crippen molar-refractivity contribution in [2.75, 3.05) is 6.61 Å². The molecule has 2 rings (SSSR count). The van der Waals surface area contributed by atoms with Crippen LogP contribution in [0.4, 0.5) is 0 Å². The Morgan fingerprint density at radius 1 is 1.14 bits per heavy atom. The number of carboxylic acids is 1. The number of rotatable bonds is 6. The van der Waals surface area contributed by atoms with Gasteiger partial charge >= 0.3 is 5.97 Å². The van der Waals surface area contributed by atoms with E-state index in [1.165, 1.54) is 5.56 Å². The average molecular weight is 298 g/mol. The normalized spacial score (nSPS) is 12.0. The highest BCUT2D eigenvalue weighted by Gasteiger charge is 2.22. The molecule has 0 aliphatic carbocycles. The van der Waals surface area contributed by atoms with Crippen molar-refractivity contribution in [3.63, 3.8) is 0 Å². The smallest absolute Gasteiger partial charge is 0.311 e. The van der Waals surface area contributed by atoms with Gasteiger partial charge in [-0.1, -0.05) is 35.9 Å². The molecule has 0 saturated carbocycles. The van der Waals surface area contributed by atoms with Gasteiger partial charge in [0.2, 0.25) is 0 Å². The fraction of sp³-hybridized carbons (Fsp3) is 0.316. The Balaban J connectivity index is 2.28. The Kier molecular flexibility index (Phi) is 5.21. The van der Waals surface area contributed by atoms with E-state index in [-0.39, 0.29) is 0 Å². The topological polar surface area (TPSA) is 46.5 Å². The number of benzene rings is 2. The molecule has 3 nitrogen and oxygen atoms in total. The minimum atomic E-state index is -0.798. The third-order valence-corrected chi connectivity index (χ3v) is 3.79. The number of ether oxygens (including phenoxy) is 1. The van der Waals surface area contributed by atoms with Crippen molar-refractivity contribution in [1.82, 2.24) is 0 Å². The molecule has 0 spiro atoms. The van der Waals surface area contributed by atoms with E-state index in [0.29, 0.717) is 13.0 Å². The van der Waals surface area contributed by atoms with E-state index in [4.69, 9.17) is 4.74 Å². The summed E-state index contributed by atoms with van der Waals surface area (Å²) in [6.07, 6.45) is 0.491. The molecule has 0 amide bonds.